The first-order valence-electron chi connectivity index (χ1n) is 5.55. The Labute approximate surface area is 112 Å². The lowest BCUT2D eigenvalue weighted by Gasteiger charge is -2.18. The molecule has 1 aromatic heterocycles. The normalized spacial score (nSPS) is 12.8. The summed E-state index contributed by atoms with van der Waals surface area (Å²) in [4.78, 5) is 14.2. The van der Waals surface area contributed by atoms with E-state index in [1.165, 1.54) is 13.0 Å². The third-order valence-electron chi connectivity index (χ3n) is 2.34. The number of carbonyl (C=O) groups is 1. The summed E-state index contributed by atoms with van der Waals surface area (Å²) in [6.07, 6.45) is -3.63. The Kier molecular flexibility index (Phi) is 4.59. The lowest BCUT2D eigenvalue weighted by atomic mass is 10.2. The van der Waals surface area contributed by atoms with E-state index < -0.39 is 41.1 Å². The van der Waals surface area contributed by atoms with Crippen molar-refractivity contribution in [2.45, 2.75) is 25.6 Å². The summed E-state index contributed by atoms with van der Waals surface area (Å²) < 4.78 is 43.6. The summed E-state index contributed by atoms with van der Waals surface area (Å²) in [6.45, 7) is 4.95. The molecule has 110 valence electrons. The topological polar surface area (TPSA) is 85.4 Å². The molecule has 3 N–H and O–H groups in total. The second kappa shape index (κ2) is 5.81. The number of alkyl halides is 3. The summed E-state index contributed by atoms with van der Waals surface area (Å²) in [7, 11) is 0. The van der Waals surface area contributed by atoms with Gasteiger partial charge in [0.2, 0.25) is 5.88 Å². The molecule has 0 spiro atoms. The number of hydrogen-bond acceptors (Lipinski definition) is 4. The molecule has 0 aliphatic carbocycles. The van der Waals surface area contributed by atoms with Gasteiger partial charge >= 0.3 is 12.1 Å². The molecule has 0 aliphatic rings. The van der Waals surface area contributed by atoms with E-state index in [-0.39, 0.29) is 6.42 Å². The van der Waals surface area contributed by atoms with E-state index in [1.807, 2.05) is 0 Å². The maximum atomic E-state index is 12.9. The molecular weight excluding hydrogens is 277 g/mol. The summed E-state index contributed by atoms with van der Waals surface area (Å²) in [5.74, 6) is -2.34. The summed E-state index contributed by atoms with van der Waals surface area (Å²) >= 11 is 0. The zero-order valence-corrected chi connectivity index (χ0v) is 10.6. The highest BCUT2D eigenvalue weighted by Crippen LogP contribution is 2.37. The minimum Gasteiger partial charge on any atom is -0.476 e. The highest BCUT2D eigenvalue weighted by atomic mass is 19.4. The average Bonchev–Trinajstić information content (AvgIpc) is 2.29. The van der Waals surface area contributed by atoms with Crippen LogP contribution in [0.3, 0.4) is 0 Å². The van der Waals surface area contributed by atoms with E-state index in [4.69, 9.17) is 15.6 Å². The van der Waals surface area contributed by atoms with Gasteiger partial charge in [0.05, 0.1) is 5.69 Å². The molecule has 0 saturated carbocycles. The van der Waals surface area contributed by atoms with E-state index in [1.54, 1.807) is 0 Å². The Morgan fingerprint density at radius 3 is 2.70 bits per heavy atom. The van der Waals surface area contributed by atoms with Gasteiger partial charge in [0.15, 0.2) is 5.69 Å². The number of aromatic nitrogens is 1. The van der Waals surface area contributed by atoms with Crippen LogP contribution >= 0.6 is 0 Å². The van der Waals surface area contributed by atoms with Crippen molar-refractivity contribution in [1.82, 2.24) is 4.98 Å². The first kappa shape index (κ1) is 15.8. The number of aromatic carboxylic acids is 1. The minimum absolute atomic E-state index is 0.283. The van der Waals surface area contributed by atoms with Crippen LogP contribution in [0.1, 0.15) is 29.4 Å². The monoisotopic (exact) mass is 290 g/mol. The van der Waals surface area contributed by atoms with Crippen molar-refractivity contribution < 1.29 is 27.8 Å². The van der Waals surface area contributed by atoms with E-state index in [0.717, 1.165) is 0 Å². The van der Waals surface area contributed by atoms with Crippen LogP contribution in [0.25, 0.3) is 0 Å². The Balaban J connectivity index is 3.32. The second-order valence-electron chi connectivity index (χ2n) is 4.03. The highest BCUT2D eigenvalue weighted by Gasteiger charge is 2.37. The van der Waals surface area contributed by atoms with Crippen molar-refractivity contribution in [1.29, 1.82) is 0 Å². The molecule has 0 unspecified atom stereocenters. The number of anilines is 1. The summed E-state index contributed by atoms with van der Waals surface area (Å²) in [5, 5.41) is 8.83. The maximum absolute atomic E-state index is 12.9. The maximum Gasteiger partial charge on any atom is 0.421 e. The molecule has 0 radical (unpaired) electrons. The number of nitrogens with zero attached hydrogens (tertiary/aromatic N) is 1. The largest absolute Gasteiger partial charge is 0.476 e. The van der Waals surface area contributed by atoms with Crippen LogP contribution in [0.15, 0.2) is 18.7 Å². The fourth-order valence-corrected chi connectivity index (χ4v) is 1.45. The number of ether oxygens (including phenoxy) is 1. The number of carboxylic acid groups (broad SMARTS) is 1. The molecule has 5 nitrogen and oxygen atoms in total. The van der Waals surface area contributed by atoms with E-state index in [9.17, 15) is 18.0 Å². The lowest BCUT2D eigenvalue weighted by molar-refractivity contribution is -0.139. The number of nitrogens with two attached hydrogens (primary N) is 1. The fraction of sp³-hybridized carbons (Fsp3) is 0.333. The van der Waals surface area contributed by atoms with Crippen molar-refractivity contribution in [3.05, 3.63) is 30.0 Å². The smallest absolute Gasteiger partial charge is 0.421 e. The molecule has 1 aromatic rings. The number of rotatable bonds is 5. The Morgan fingerprint density at radius 2 is 2.25 bits per heavy atom. The van der Waals surface area contributed by atoms with Crippen molar-refractivity contribution in [3.63, 3.8) is 0 Å². The number of hydrogen-bond donors (Lipinski definition) is 2. The molecule has 8 heteroatoms. The molecule has 20 heavy (non-hydrogen) atoms. The fourth-order valence-electron chi connectivity index (χ4n) is 1.45. The van der Waals surface area contributed by atoms with Gasteiger partial charge in [0.25, 0.3) is 0 Å². The van der Waals surface area contributed by atoms with Gasteiger partial charge in [-0.3, -0.25) is 0 Å². The molecule has 1 heterocycles. The van der Waals surface area contributed by atoms with Gasteiger partial charge in [0.1, 0.15) is 11.7 Å². The lowest BCUT2D eigenvalue weighted by Crippen LogP contribution is -2.19. The van der Waals surface area contributed by atoms with Gasteiger partial charge in [-0.2, -0.15) is 13.2 Å². The van der Waals surface area contributed by atoms with Gasteiger partial charge in [-0.15, -0.1) is 6.58 Å². The third kappa shape index (κ3) is 3.62. The molecular formula is C12H13F3N2O3. The van der Waals surface area contributed by atoms with Gasteiger partial charge in [-0.25, -0.2) is 9.78 Å². The van der Waals surface area contributed by atoms with Crippen LogP contribution in [0.4, 0.5) is 18.9 Å². The average molecular weight is 290 g/mol. The zero-order chi connectivity index (χ0) is 15.5. The molecule has 1 rings (SSSR count). The Hall–Kier alpha value is -2.25. The van der Waals surface area contributed by atoms with Crippen molar-refractivity contribution in [2.75, 3.05) is 5.73 Å². The standard InChI is InChI=1S/C12H13F3N2O3/c1-3-4-6(2)20-10-7(12(13,14)15)5-8(16)9(17-10)11(18)19/h3,5-6H,1,4,16H2,2H3,(H,18,19)/t6-/m1/s1. The van der Waals surface area contributed by atoms with Crippen molar-refractivity contribution in [2.24, 2.45) is 0 Å². The van der Waals surface area contributed by atoms with Crippen LogP contribution in [0.2, 0.25) is 0 Å². The van der Waals surface area contributed by atoms with Crippen LogP contribution in [-0.2, 0) is 6.18 Å². The quantitative estimate of drug-likeness (QED) is 0.814. The first-order chi connectivity index (χ1) is 9.16. The van der Waals surface area contributed by atoms with Gasteiger partial charge in [-0.1, -0.05) is 6.08 Å². The summed E-state index contributed by atoms with van der Waals surface area (Å²) in [5.41, 5.74) is 2.79. The minimum atomic E-state index is -4.75. The Bertz CT molecular complexity index is 529. The number of pyridine rings is 1. The third-order valence-corrected chi connectivity index (χ3v) is 2.34. The molecule has 0 bridgehead atoms. The van der Waals surface area contributed by atoms with E-state index >= 15 is 0 Å². The number of halogens is 3. The van der Waals surface area contributed by atoms with Crippen molar-refractivity contribution in [3.8, 4) is 5.88 Å². The van der Waals surface area contributed by atoms with E-state index in [0.29, 0.717) is 6.07 Å². The molecule has 0 fully saturated rings. The summed E-state index contributed by atoms with van der Waals surface area (Å²) in [6, 6.07) is 0.506. The molecule has 0 aliphatic heterocycles. The molecule has 0 saturated heterocycles. The SMILES string of the molecule is C=CC[C@@H](C)Oc1nc(C(=O)O)c(N)cc1C(F)(F)F. The van der Waals surface area contributed by atoms with Crippen LogP contribution in [0, 0.1) is 0 Å². The van der Waals surface area contributed by atoms with Crippen LogP contribution in [0.5, 0.6) is 5.88 Å². The van der Waals surface area contributed by atoms with Gasteiger partial charge < -0.3 is 15.6 Å². The second-order valence-corrected chi connectivity index (χ2v) is 4.03. The van der Waals surface area contributed by atoms with Crippen LogP contribution < -0.4 is 10.5 Å². The molecule has 1 atom stereocenters. The zero-order valence-electron chi connectivity index (χ0n) is 10.6. The highest BCUT2D eigenvalue weighted by molar-refractivity contribution is 5.91. The van der Waals surface area contributed by atoms with Crippen LogP contribution in [-0.4, -0.2) is 22.2 Å². The van der Waals surface area contributed by atoms with Gasteiger partial charge in [0, 0.05) is 6.42 Å². The molecule has 0 amide bonds. The Morgan fingerprint density at radius 1 is 1.65 bits per heavy atom. The first-order valence-corrected chi connectivity index (χ1v) is 5.55. The predicted octanol–water partition coefficient (Wildman–Crippen LogP) is 2.72. The van der Waals surface area contributed by atoms with E-state index in [2.05, 4.69) is 11.6 Å². The van der Waals surface area contributed by atoms with Gasteiger partial charge in [-0.05, 0) is 13.0 Å². The predicted molar refractivity (Wildman–Crippen MR) is 65.5 cm³/mol. The molecule has 0 aromatic carbocycles. The number of carboxylic acids is 1. The number of nitrogen functional groups attached to an aromatic ring is 1. The van der Waals surface area contributed by atoms with Crippen molar-refractivity contribution >= 4 is 11.7 Å².